The molecule has 0 saturated heterocycles. The number of halogens is 2. The van der Waals surface area contributed by atoms with E-state index in [0.717, 1.165) is 17.0 Å². The molecule has 0 aliphatic rings. The Morgan fingerprint density at radius 1 is 1.00 bits per heavy atom. The number of hydrogen-bond acceptors (Lipinski definition) is 4. The zero-order valence-corrected chi connectivity index (χ0v) is 13.7. The monoisotopic (exact) mass is 348 g/mol. The number of aromatic nitrogens is 4. The van der Waals surface area contributed by atoms with Crippen LogP contribution in [0.15, 0.2) is 42.5 Å². The summed E-state index contributed by atoms with van der Waals surface area (Å²) >= 11 is 11.8. The van der Waals surface area contributed by atoms with E-state index in [4.69, 9.17) is 28.3 Å². The summed E-state index contributed by atoms with van der Waals surface area (Å²) in [4.78, 5) is 0. The van der Waals surface area contributed by atoms with Gasteiger partial charge in [-0.1, -0.05) is 35.3 Å². The Labute approximate surface area is 143 Å². The summed E-state index contributed by atoms with van der Waals surface area (Å²) in [6.07, 6.45) is 1.34. The molecule has 23 heavy (non-hydrogen) atoms. The molecular weight excluding hydrogens is 335 g/mol. The van der Waals surface area contributed by atoms with Crippen molar-refractivity contribution in [2.24, 2.45) is 0 Å². The summed E-state index contributed by atoms with van der Waals surface area (Å²) in [6.45, 7) is 0.129. The van der Waals surface area contributed by atoms with E-state index in [-0.39, 0.29) is 6.61 Å². The van der Waals surface area contributed by atoms with Crippen molar-refractivity contribution >= 4 is 23.2 Å². The first-order valence-electron chi connectivity index (χ1n) is 7.13. The average molecular weight is 349 g/mol. The SMILES string of the molecule is OCCCc1cc(-c2ccc(Cl)cc2)n(-c2ccc(Cl)nn2)n1. The van der Waals surface area contributed by atoms with Crippen LogP contribution < -0.4 is 0 Å². The molecule has 0 amide bonds. The van der Waals surface area contributed by atoms with E-state index in [2.05, 4.69) is 15.3 Å². The predicted molar refractivity (Wildman–Crippen MR) is 90.0 cm³/mol. The summed E-state index contributed by atoms with van der Waals surface area (Å²) < 4.78 is 1.72. The molecule has 2 heterocycles. The molecule has 0 aliphatic heterocycles. The van der Waals surface area contributed by atoms with Crippen molar-refractivity contribution in [2.75, 3.05) is 6.61 Å². The number of rotatable bonds is 5. The number of benzene rings is 1. The second-order valence-corrected chi connectivity index (χ2v) is 5.80. The molecular formula is C16H14Cl2N4O. The quantitative estimate of drug-likeness (QED) is 0.765. The van der Waals surface area contributed by atoms with Gasteiger partial charge in [0, 0.05) is 17.2 Å². The molecule has 118 valence electrons. The van der Waals surface area contributed by atoms with Gasteiger partial charge in [-0.3, -0.25) is 0 Å². The van der Waals surface area contributed by atoms with E-state index in [0.29, 0.717) is 28.8 Å². The van der Waals surface area contributed by atoms with Crippen molar-refractivity contribution < 1.29 is 5.11 Å². The molecule has 3 rings (SSSR count). The maximum absolute atomic E-state index is 9.01. The van der Waals surface area contributed by atoms with Gasteiger partial charge in [-0.25, -0.2) is 4.68 Å². The van der Waals surface area contributed by atoms with Gasteiger partial charge in [0.05, 0.1) is 11.4 Å². The fraction of sp³-hybridized carbons (Fsp3) is 0.188. The Balaban J connectivity index is 2.06. The molecule has 0 spiro atoms. The molecule has 0 unspecified atom stereocenters. The van der Waals surface area contributed by atoms with Crippen molar-refractivity contribution in [1.29, 1.82) is 0 Å². The first-order chi connectivity index (χ1) is 11.2. The van der Waals surface area contributed by atoms with Crippen LogP contribution in [0.4, 0.5) is 0 Å². The summed E-state index contributed by atoms with van der Waals surface area (Å²) in [6, 6.07) is 12.9. The Hall–Kier alpha value is -1.95. The average Bonchev–Trinajstić information content (AvgIpc) is 2.98. The third kappa shape index (κ3) is 3.69. The van der Waals surface area contributed by atoms with E-state index in [1.165, 1.54) is 0 Å². The minimum Gasteiger partial charge on any atom is -0.396 e. The molecule has 5 nitrogen and oxygen atoms in total. The zero-order valence-electron chi connectivity index (χ0n) is 12.2. The first kappa shape index (κ1) is 15.9. The van der Waals surface area contributed by atoms with Crippen LogP contribution in [0, 0.1) is 0 Å². The van der Waals surface area contributed by atoms with Gasteiger partial charge < -0.3 is 5.11 Å². The van der Waals surface area contributed by atoms with Gasteiger partial charge in [0.2, 0.25) is 0 Å². The van der Waals surface area contributed by atoms with Crippen molar-refractivity contribution in [3.05, 3.63) is 58.3 Å². The van der Waals surface area contributed by atoms with Crippen LogP contribution in [0.3, 0.4) is 0 Å². The molecule has 0 radical (unpaired) electrons. The highest BCUT2D eigenvalue weighted by Crippen LogP contribution is 2.25. The predicted octanol–water partition coefficient (Wildman–Crippen LogP) is 3.56. The van der Waals surface area contributed by atoms with Crippen molar-refractivity contribution in [2.45, 2.75) is 12.8 Å². The number of aliphatic hydroxyl groups is 1. The standard InChI is InChI=1S/C16H14Cl2N4O/c17-12-5-3-11(4-6-12)14-10-13(2-1-9-23)21-22(14)16-8-7-15(18)19-20-16/h3-8,10,23H,1-2,9H2. The van der Waals surface area contributed by atoms with Crippen LogP contribution in [0.5, 0.6) is 0 Å². The van der Waals surface area contributed by atoms with Gasteiger partial charge >= 0.3 is 0 Å². The smallest absolute Gasteiger partial charge is 0.176 e. The van der Waals surface area contributed by atoms with Crippen LogP contribution >= 0.6 is 23.2 Å². The number of hydrogen-bond donors (Lipinski definition) is 1. The van der Waals surface area contributed by atoms with Gasteiger partial charge in [-0.15, -0.1) is 10.2 Å². The molecule has 1 N–H and O–H groups in total. The Morgan fingerprint density at radius 3 is 2.43 bits per heavy atom. The lowest BCUT2D eigenvalue weighted by Gasteiger charge is -2.06. The third-order valence-corrected chi connectivity index (χ3v) is 3.78. The molecule has 0 fully saturated rings. The molecule has 3 aromatic rings. The van der Waals surface area contributed by atoms with Crippen molar-refractivity contribution in [3.63, 3.8) is 0 Å². The lowest BCUT2D eigenvalue weighted by atomic mass is 10.1. The van der Waals surface area contributed by atoms with E-state index >= 15 is 0 Å². The van der Waals surface area contributed by atoms with Gasteiger partial charge in [0.15, 0.2) is 11.0 Å². The summed E-state index contributed by atoms with van der Waals surface area (Å²) in [5.74, 6) is 0.578. The maximum Gasteiger partial charge on any atom is 0.176 e. The molecule has 0 bridgehead atoms. The van der Waals surface area contributed by atoms with Crippen LogP contribution in [0.1, 0.15) is 12.1 Å². The minimum atomic E-state index is 0.129. The molecule has 0 saturated carbocycles. The minimum absolute atomic E-state index is 0.129. The molecule has 0 aliphatic carbocycles. The van der Waals surface area contributed by atoms with Crippen molar-refractivity contribution in [1.82, 2.24) is 20.0 Å². The largest absolute Gasteiger partial charge is 0.396 e. The number of aliphatic hydroxyl groups excluding tert-OH is 1. The summed E-state index contributed by atoms with van der Waals surface area (Å²) in [7, 11) is 0. The highest BCUT2D eigenvalue weighted by Gasteiger charge is 2.13. The summed E-state index contributed by atoms with van der Waals surface area (Å²) in [5, 5.41) is 22.5. The topological polar surface area (TPSA) is 63.8 Å². The van der Waals surface area contributed by atoms with Crippen LogP contribution in [-0.4, -0.2) is 31.7 Å². The zero-order chi connectivity index (χ0) is 16.2. The normalized spacial score (nSPS) is 10.9. The fourth-order valence-electron chi connectivity index (χ4n) is 2.24. The first-order valence-corrected chi connectivity index (χ1v) is 7.88. The Bertz CT molecular complexity index is 722. The van der Waals surface area contributed by atoms with Gasteiger partial charge in [-0.05, 0) is 43.2 Å². The number of nitrogens with zero attached hydrogens (tertiary/aromatic N) is 4. The number of aryl methyl sites for hydroxylation is 1. The lowest BCUT2D eigenvalue weighted by Crippen LogP contribution is -2.03. The van der Waals surface area contributed by atoms with Gasteiger partial charge in [-0.2, -0.15) is 5.10 Å². The Kier molecular flexibility index (Phi) is 4.91. The van der Waals surface area contributed by atoms with Gasteiger partial charge in [0.25, 0.3) is 0 Å². The van der Waals surface area contributed by atoms with E-state index in [1.54, 1.807) is 16.8 Å². The molecule has 7 heteroatoms. The maximum atomic E-state index is 9.01. The fourth-order valence-corrected chi connectivity index (χ4v) is 2.46. The lowest BCUT2D eigenvalue weighted by molar-refractivity contribution is 0.288. The molecule has 0 atom stereocenters. The van der Waals surface area contributed by atoms with Crippen LogP contribution in [-0.2, 0) is 6.42 Å². The van der Waals surface area contributed by atoms with Gasteiger partial charge in [0.1, 0.15) is 0 Å². The van der Waals surface area contributed by atoms with E-state index < -0.39 is 0 Å². The molecule has 1 aromatic carbocycles. The second-order valence-electron chi connectivity index (χ2n) is 4.98. The summed E-state index contributed by atoms with van der Waals surface area (Å²) in [5.41, 5.74) is 2.72. The van der Waals surface area contributed by atoms with E-state index in [1.807, 2.05) is 30.3 Å². The molecule has 2 aromatic heterocycles. The van der Waals surface area contributed by atoms with E-state index in [9.17, 15) is 0 Å². The third-order valence-electron chi connectivity index (χ3n) is 3.33. The Morgan fingerprint density at radius 2 is 1.78 bits per heavy atom. The van der Waals surface area contributed by atoms with Crippen molar-refractivity contribution in [3.8, 4) is 17.1 Å². The van der Waals surface area contributed by atoms with Crippen LogP contribution in [0.2, 0.25) is 10.2 Å². The van der Waals surface area contributed by atoms with Crippen LogP contribution in [0.25, 0.3) is 17.1 Å². The second kappa shape index (κ2) is 7.08. The highest BCUT2D eigenvalue weighted by molar-refractivity contribution is 6.30. The highest BCUT2D eigenvalue weighted by atomic mass is 35.5.